The number of nitrogens with one attached hydrogen (secondary N) is 1. The average Bonchev–Trinajstić information content (AvgIpc) is 2.76. The number of benzene rings is 1. The summed E-state index contributed by atoms with van der Waals surface area (Å²) >= 11 is 0. The molecule has 3 aromatic rings. The third kappa shape index (κ3) is 4.53. The molecule has 0 aliphatic carbocycles. The molecule has 6 heteroatoms. The minimum Gasteiger partial charge on any atom is -0.354 e. The van der Waals surface area contributed by atoms with Gasteiger partial charge in [-0.15, -0.1) is 0 Å². The van der Waals surface area contributed by atoms with Crippen LogP contribution < -0.4 is 10.2 Å². The molecular formula is C22H23N5O. The van der Waals surface area contributed by atoms with E-state index < -0.39 is 0 Å². The molecule has 28 heavy (non-hydrogen) atoms. The zero-order valence-corrected chi connectivity index (χ0v) is 15.7. The summed E-state index contributed by atoms with van der Waals surface area (Å²) in [5, 5.41) is 2.89. The summed E-state index contributed by atoms with van der Waals surface area (Å²) in [5.41, 5.74) is 2.63. The van der Waals surface area contributed by atoms with Crippen molar-refractivity contribution >= 4 is 17.4 Å². The molecular weight excluding hydrogens is 350 g/mol. The van der Waals surface area contributed by atoms with Crippen LogP contribution in [-0.4, -0.2) is 47.0 Å². The topological polar surface area (TPSA) is 61.4 Å². The molecule has 1 aliphatic rings. The number of rotatable bonds is 5. The Hall–Kier alpha value is -3.25. The molecule has 1 aromatic carbocycles. The van der Waals surface area contributed by atoms with Crippen molar-refractivity contribution in [1.82, 2.24) is 14.9 Å². The lowest BCUT2D eigenvalue weighted by Gasteiger charge is -2.35. The number of hydrogen-bond acceptors (Lipinski definition) is 5. The van der Waals surface area contributed by atoms with Crippen molar-refractivity contribution in [3.05, 3.63) is 84.3 Å². The quantitative estimate of drug-likeness (QED) is 0.745. The summed E-state index contributed by atoms with van der Waals surface area (Å²) < 4.78 is 0. The molecule has 1 N–H and O–H groups in total. The Morgan fingerprint density at radius 3 is 2.36 bits per heavy atom. The highest BCUT2D eigenvalue weighted by Crippen LogP contribution is 2.17. The fraction of sp³-hybridized carbons (Fsp3) is 0.227. The molecule has 1 fully saturated rings. The number of hydrogen-bond donors (Lipinski definition) is 1. The van der Waals surface area contributed by atoms with E-state index in [1.54, 1.807) is 18.3 Å². The Morgan fingerprint density at radius 1 is 0.929 bits per heavy atom. The van der Waals surface area contributed by atoms with Crippen LogP contribution in [0.3, 0.4) is 0 Å². The molecule has 0 spiro atoms. The van der Waals surface area contributed by atoms with E-state index in [1.807, 2.05) is 42.7 Å². The van der Waals surface area contributed by atoms with Gasteiger partial charge in [-0.1, -0.05) is 18.2 Å². The molecule has 142 valence electrons. The van der Waals surface area contributed by atoms with E-state index in [1.165, 1.54) is 5.56 Å². The van der Waals surface area contributed by atoms with Crippen LogP contribution in [-0.2, 0) is 6.54 Å². The number of carbonyl (C=O) groups is 1. The van der Waals surface area contributed by atoms with Crippen LogP contribution in [0.4, 0.5) is 11.5 Å². The van der Waals surface area contributed by atoms with Crippen LogP contribution in [0.15, 0.2) is 73.2 Å². The van der Waals surface area contributed by atoms with Crippen molar-refractivity contribution in [3.63, 3.8) is 0 Å². The second kappa shape index (κ2) is 8.63. The highest BCUT2D eigenvalue weighted by molar-refractivity contribution is 6.04. The molecule has 4 rings (SSSR count). The maximum atomic E-state index is 12.2. The van der Waals surface area contributed by atoms with Gasteiger partial charge in [-0.25, -0.2) is 4.98 Å². The summed E-state index contributed by atoms with van der Waals surface area (Å²) in [7, 11) is 0. The number of nitrogens with zero attached hydrogens (tertiary/aromatic N) is 4. The number of carbonyl (C=O) groups excluding carboxylic acids is 1. The molecule has 6 nitrogen and oxygen atoms in total. The third-order valence-electron chi connectivity index (χ3n) is 4.89. The first-order valence-electron chi connectivity index (χ1n) is 9.46. The number of amides is 1. The van der Waals surface area contributed by atoms with Crippen LogP contribution in [0.2, 0.25) is 0 Å². The molecule has 0 bridgehead atoms. The van der Waals surface area contributed by atoms with Crippen molar-refractivity contribution in [2.75, 3.05) is 36.4 Å². The monoisotopic (exact) mass is 373 g/mol. The van der Waals surface area contributed by atoms with Crippen LogP contribution in [0.1, 0.15) is 15.9 Å². The Kier molecular flexibility index (Phi) is 5.58. The van der Waals surface area contributed by atoms with E-state index in [0.29, 0.717) is 11.3 Å². The lowest BCUT2D eigenvalue weighted by atomic mass is 10.2. The van der Waals surface area contributed by atoms with Gasteiger partial charge in [0.05, 0.1) is 11.9 Å². The molecule has 1 saturated heterocycles. The summed E-state index contributed by atoms with van der Waals surface area (Å²) in [5.74, 6) is 0.821. The third-order valence-corrected chi connectivity index (χ3v) is 4.89. The Bertz CT molecular complexity index is 891. The Balaban J connectivity index is 1.30. The van der Waals surface area contributed by atoms with Crippen molar-refractivity contribution in [1.29, 1.82) is 0 Å². The average molecular weight is 373 g/mol. The largest absolute Gasteiger partial charge is 0.354 e. The fourth-order valence-corrected chi connectivity index (χ4v) is 3.32. The molecule has 0 radical (unpaired) electrons. The lowest BCUT2D eigenvalue weighted by Crippen LogP contribution is -2.46. The Labute approximate surface area is 164 Å². The maximum absolute atomic E-state index is 12.2. The standard InChI is InChI=1S/C22H23N5O/c28-22(19-4-2-1-3-5-19)25-20-6-7-21(24-16-20)27-14-12-26(13-15-27)17-18-8-10-23-11-9-18/h1-11,16H,12-15,17H2,(H,25,28). The first-order chi connectivity index (χ1) is 13.8. The molecule has 0 saturated carbocycles. The van der Waals surface area contributed by atoms with E-state index in [4.69, 9.17) is 0 Å². The Morgan fingerprint density at radius 2 is 1.68 bits per heavy atom. The SMILES string of the molecule is O=C(Nc1ccc(N2CCN(Cc3ccncc3)CC2)nc1)c1ccccc1. The summed E-state index contributed by atoms with van der Waals surface area (Å²) in [6.45, 7) is 4.82. The van der Waals surface area contributed by atoms with Gasteiger partial charge in [0.1, 0.15) is 5.82 Å². The fourth-order valence-electron chi connectivity index (χ4n) is 3.32. The van der Waals surface area contributed by atoms with E-state index in [9.17, 15) is 4.79 Å². The molecule has 0 atom stereocenters. The minimum atomic E-state index is -0.125. The van der Waals surface area contributed by atoms with Crippen LogP contribution in [0.25, 0.3) is 0 Å². The molecule has 1 amide bonds. The van der Waals surface area contributed by atoms with Gasteiger partial charge in [0.25, 0.3) is 5.91 Å². The van der Waals surface area contributed by atoms with Crippen molar-refractivity contribution in [2.45, 2.75) is 6.54 Å². The predicted molar refractivity (Wildman–Crippen MR) is 110 cm³/mol. The van der Waals surface area contributed by atoms with Gasteiger partial charge in [0.15, 0.2) is 0 Å². The zero-order valence-electron chi connectivity index (χ0n) is 15.7. The number of piperazine rings is 1. The molecule has 3 heterocycles. The number of pyridine rings is 2. The van der Waals surface area contributed by atoms with Gasteiger partial charge in [-0.3, -0.25) is 14.7 Å². The van der Waals surface area contributed by atoms with Crippen molar-refractivity contribution < 1.29 is 4.79 Å². The van der Waals surface area contributed by atoms with Gasteiger partial charge in [-0.2, -0.15) is 0 Å². The van der Waals surface area contributed by atoms with E-state index in [-0.39, 0.29) is 5.91 Å². The molecule has 2 aromatic heterocycles. The summed E-state index contributed by atoms with van der Waals surface area (Å²) in [6, 6.07) is 17.2. The van der Waals surface area contributed by atoms with Crippen molar-refractivity contribution in [2.24, 2.45) is 0 Å². The maximum Gasteiger partial charge on any atom is 0.255 e. The second-order valence-electron chi connectivity index (χ2n) is 6.84. The van der Waals surface area contributed by atoms with E-state index >= 15 is 0 Å². The zero-order chi connectivity index (χ0) is 19.2. The van der Waals surface area contributed by atoms with Gasteiger partial charge < -0.3 is 10.2 Å². The molecule has 1 aliphatic heterocycles. The first kappa shape index (κ1) is 18.1. The van der Waals surface area contributed by atoms with Crippen molar-refractivity contribution in [3.8, 4) is 0 Å². The first-order valence-corrected chi connectivity index (χ1v) is 9.46. The lowest BCUT2D eigenvalue weighted by molar-refractivity contribution is 0.102. The van der Waals surface area contributed by atoms with Gasteiger partial charge in [0, 0.05) is 50.7 Å². The smallest absolute Gasteiger partial charge is 0.255 e. The summed E-state index contributed by atoms with van der Waals surface area (Å²) in [4.78, 5) is 25.6. The minimum absolute atomic E-state index is 0.125. The number of aromatic nitrogens is 2. The highest BCUT2D eigenvalue weighted by atomic mass is 16.1. The van der Waals surface area contributed by atoms with Gasteiger partial charge in [0.2, 0.25) is 0 Å². The van der Waals surface area contributed by atoms with Gasteiger partial charge >= 0.3 is 0 Å². The normalized spacial score (nSPS) is 14.6. The second-order valence-corrected chi connectivity index (χ2v) is 6.84. The highest BCUT2D eigenvalue weighted by Gasteiger charge is 2.18. The van der Waals surface area contributed by atoms with Crippen LogP contribution in [0.5, 0.6) is 0 Å². The van der Waals surface area contributed by atoms with E-state index in [0.717, 1.165) is 38.5 Å². The number of anilines is 2. The predicted octanol–water partition coefficient (Wildman–Crippen LogP) is 3.05. The van der Waals surface area contributed by atoms with Crippen LogP contribution >= 0.6 is 0 Å². The van der Waals surface area contributed by atoms with E-state index in [2.05, 4.69) is 37.2 Å². The molecule has 0 unspecified atom stereocenters. The summed E-state index contributed by atoms with van der Waals surface area (Å²) in [6.07, 6.45) is 5.40. The van der Waals surface area contributed by atoms with Crippen LogP contribution in [0, 0.1) is 0 Å². The van der Waals surface area contributed by atoms with Gasteiger partial charge in [-0.05, 0) is 42.0 Å².